The van der Waals surface area contributed by atoms with Crippen LogP contribution < -0.4 is 0 Å². The van der Waals surface area contributed by atoms with Crippen LogP contribution in [0.2, 0.25) is 0 Å². The summed E-state index contributed by atoms with van der Waals surface area (Å²) in [5.41, 5.74) is 4.32. The van der Waals surface area contributed by atoms with E-state index in [1.807, 2.05) is 48.7 Å². The topological polar surface area (TPSA) is 75.6 Å². The van der Waals surface area contributed by atoms with Crippen LogP contribution in [-0.4, -0.2) is 15.4 Å². The molecule has 2 aromatic heterocycles. The number of pyridine rings is 1. The van der Waals surface area contributed by atoms with Crippen molar-refractivity contribution in [2.75, 3.05) is 0 Å². The fraction of sp³-hybridized carbons (Fsp3) is 0.273. The molecule has 4 rings (SSSR count). The molecule has 27 heavy (non-hydrogen) atoms. The van der Waals surface area contributed by atoms with Crippen molar-refractivity contribution < 1.29 is 4.52 Å². The fourth-order valence-electron chi connectivity index (χ4n) is 3.65. The van der Waals surface area contributed by atoms with Crippen LogP contribution in [0.15, 0.2) is 53.2 Å². The highest BCUT2D eigenvalue weighted by atomic mass is 16.5. The van der Waals surface area contributed by atoms with Gasteiger partial charge >= 0.3 is 0 Å². The predicted octanol–water partition coefficient (Wildman–Crippen LogP) is 4.63. The van der Waals surface area contributed by atoms with Crippen LogP contribution in [0.25, 0.3) is 17.2 Å². The molecule has 3 aromatic rings. The van der Waals surface area contributed by atoms with Crippen LogP contribution in [0.3, 0.4) is 0 Å². The molecule has 0 unspecified atom stereocenters. The van der Waals surface area contributed by atoms with Crippen molar-refractivity contribution in [3.63, 3.8) is 0 Å². The second-order valence-corrected chi connectivity index (χ2v) is 7.14. The zero-order valence-electron chi connectivity index (χ0n) is 15.3. The molecule has 134 valence electrons. The summed E-state index contributed by atoms with van der Waals surface area (Å²) < 4.78 is 5.41. The SMILES string of the molecule is C[C@H]1[C@H](/C=C/c2ccc(-c3ccccc3C#N)cn2)c2onnc2C[C@@H]1C. The molecule has 0 spiro atoms. The van der Waals surface area contributed by atoms with Crippen LogP contribution in [0, 0.1) is 23.2 Å². The maximum absolute atomic E-state index is 9.27. The molecule has 5 nitrogen and oxygen atoms in total. The number of hydrogen-bond donors (Lipinski definition) is 0. The monoisotopic (exact) mass is 356 g/mol. The van der Waals surface area contributed by atoms with Crippen LogP contribution in [0.4, 0.5) is 0 Å². The van der Waals surface area contributed by atoms with Gasteiger partial charge in [0.2, 0.25) is 0 Å². The first-order valence-corrected chi connectivity index (χ1v) is 9.12. The number of fused-ring (bicyclic) bond motifs is 1. The Labute approximate surface area is 158 Å². The largest absolute Gasteiger partial charge is 0.341 e. The number of nitriles is 1. The second-order valence-electron chi connectivity index (χ2n) is 7.14. The fourth-order valence-corrected chi connectivity index (χ4v) is 3.65. The minimum absolute atomic E-state index is 0.152. The van der Waals surface area contributed by atoms with E-state index >= 15 is 0 Å². The smallest absolute Gasteiger partial charge is 0.167 e. The summed E-state index contributed by atoms with van der Waals surface area (Å²) in [6, 6.07) is 13.7. The van der Waals surface area contributed by atoms with Gasteiger partial charge in [-0.3, -0.25) is 4.98 Å². The van der Waals surface area contributed by atoms with Gasteiger partial charge in [-0.1, -0.05) is 44.2 Å². The minimum Gasteiger partial charge on any atom is -0.341 e. The second kappa shape index (κ2) is 7.16. The van der Waals surface area contributed by atoms with Gasteiger partial charge in [0, 0.05) is 28.5 Å². The minimum atomic E-state index is 0.152. The summed E-state index contributed by atoms with van der Waals surface area (Å²) in [6.45, 7) is 4.48. The average Bonchev–Trinajstić information content (AvgIpc) is 3.16. The molecule has 0 saturated carbocycles. The lowest BCUT2D eigenvalue weighted by Gasteiger charge is -2.29. The standard InChI is InChI=1S/C22H20N4O/c1-14-11-21-22(27-26-25-21)19(15(14)2)10-9-18-8-7-17(13-24-18)20-6-4-3-5-16(20)12-23/h3-10,13-15,19H,11H2,1-2H3/b10-9+/t14-,15+,19-/m0/s1. The maximum Gasteiger partial charge on any atom is 0.167 e. The Morgan fingerprint density at radius 1 is 1.19 bits per heavy atom. The first-order chi connectivity index (χ1) is 13.2. The highest BCUT2D eigenvalue weighted by molar-refractivity contribution is 5.70. The van der Waals surface area contributed by atoms with Crippen molar-refractivity contribution in [2.45, 2.75) is 26.2 Å². The van der Waals surface area contributed by atoms with E-state index in [-0.39, 0.29) is 5.92 Å². The van der Waals surface area contributed by atoms with Gasteiger partial charge in [0.25, 0.3) is 0 Å². The zero-order valence-corrected chi connectivity index (χ0v) is 15.3. The third kappa shape index (κ3) is 3.26. The summed E-state index contributed by atoms with van der Waals surface area (Å²) in [4.78, 5) is 4.54. The summed E-state index contributed by atoms with van der Waals surface area (Å²) in [6.07, 6.45) is 6.88. The molecule has 0 saturated heterocycles. The van der Waals surface area contributed by atoms with Crippen molar-refractivity contribution in [1.29, 1.82) is 5.26 Å². The molecule has 5 heteroatoms. The van der Waals surface area contributed by atoms with Gasteiger partial charge in [-0.05, 0) is 36.5 Å². The van der Waals surface area contributed by atoms with Crippen LogP contribution in [0.5, 0.6) is 0 Å². The molecule has 0 aliphatic heterocycles. The van der Waals surface area contributed by atoms with E-state index in [0.717, 1.165) is 34.7 Å². The molecule has 3 atom stereocenters. The number of aromatic nitrogens is 3. The molecule has 1 aliphatic rings. The molecule has 0 radical (unpaired) electrons. The Morgan fingerprint density at radius 3 is 2.81 bits per heavy atom. The first-order valence-electron chi connectivity index (χ1n) is 9.12. The number of allylic oxidation sites excluding steroid dienone is 1. The summed E-state index contributed by atoms with van der Waals surface area (Å²) >= 11 is 0. The highest BCUT2D eigenvalue weighted by Crippen LogP contribution is 2.39. The quantitative estimate of drug-likeness (QED) is 0.684. The van der Waals surface area contributed by atoms with Crippen LogP contribution >= 0.6 is 0 Å². The lowest BCUT2D eigenvalue weighted by molar-refractivity contribution is 0.272. The van der Waals surface area contributed by atoms with Gasteiger partial charge in [-0.25, -0.2) is 0 Å². The van der Waals surface area contributed by atoms with E-state index in [9.17, 15) is 5.26 Å². The summed E-state index contributed by atoms with van der Waals surface area (Å²) in [5, 5.41) is 17.1. The molecule has 0 bridgehead atoms. The van der Waals surface area contributed by atoms with Gasteiger partial charge < -0.3 is 4.52 Å². The Morgan fingerprint density at radius 2 is 2.04 bits per heavy atom. The van der Waals surface area contributed by atoms with E-state index in [4.69, 9.17) is 4.52 Å². The Kier molecular flexibility index (Phi) is 4.55. The van der Waals surface area contributed by atoms with E-state index < -0.39 is 0 Å². The van der Waals surface area contributed by atoms with E-state index in [2.05, 4.69) is 41.3 Å². The molecule has 1 aromatic carbocycles. The van der Waals surface area contributed by atoms with Crippen molar-refractivity contribution in [2.24, 2.45) is 11.8 Å². The van der Waals surface area contributed by atoms with Crippen molar-refractivity contribution in [3.05, 3.63) is 71.4 Å². The Balaban J connectivity index is 1.58. The van der Waals surface area contributed by atoms with Crippen molar-refractivity contribution >= 4 is 6.08 Å². The van der Waals surface area contributed by atoms with E-state index in [1.54, 1.807) is 0 Å². The third-order valence-corrected chi connectivity index (χ3v) is 5.49. The number of benzene rings is 1. The normalized spacial score (nSPS) is 21.7. The van der Waals surface area contributed by atoms with Gasteiger partial charge in [-0.2, -0.15) is 5.26 Å². The first kappa shape index (κ1) is 17.2. The highest BCUT2D eigenvalue weighted by Gasteiger charge is 2.34. The van der Waals surface area contributed by atoms with Crippen LogP contribution in [0.1, 0.15) is 42.5 Å². The average molecular weight is 356 g/mol. The van der Waals surface area contributed by atoms with Gasteiger partial charge in [0.1, 0.15) is 5.69 Å². The number of nitrogens with zero attached hydrogens (tertiary/aromatic N) is 4. The van der Waals surface area contributed by atoms with Gasteiger partial charge in [-0.15, -0.1) is 5.10 Å². The zero-order chi connectivity index (χ0) is 18.8. The molecular formula is C22H20N4O. The van der Waals surface area contributed by atoms with Crippen molar-refractivity contribution in [1.82, 2.24) is 15.4 Å². The van der Waals surface area contributed by atoms with Gasteiger partial charge in [0.15, 0.2) is 5.76 Å². The number of rotatable bonds is 3. The lowest BCUT2D eigenvalue weighted by atomic mass is 9.74. The molecule has 0 N–H and O–H groups in total. The lowest BCUT2D eigenvalue weighted by Crippen LogP contribution is -2.24. The molecule has 0 amide bonds. The van der Waals surface area contributed by atoms with E-state index in [1.165, 1.54) is 0 Å². The Bertz CT molecular complexity index is 1010. The predicted molar refractivity (Wildman–Crippen MR) is 102 cm³/mol. The molecule has 0 fully saturated rings. The molecule has 2 heterocycles. The number of hydrogen-bond acceptors (Lipinski definition) is 5. The van der Waals surface area contributed by atoms with Crippen LogP contribution in [-0.2, 0) is 6.42 Å². The Hall–Kier alpha value is -3.26. The summed E-state index contributed by atoms with van der Waals surface area (Å²) in [5.74, 6) is 2.00. The summed E-state index contributed by atoms with van der Waals surface area (Å²) in [7, 11) is 0. The van der Waals surface area contributed by atoms with Crippen molar-refractivity contribution in [3.8, 4) is 17.2 Å². The maximum atomic E-state index is 9.27. The molecule has 1 aliphatic carbocycles. The van der Waals surface area contributed by atoms with E-state index in [0.29, 0.717) is 17.4 Å². The third-order valence-electron chi connectivity index (χ3n) is 5.49. The molecular weight excluding hydrogens is 336 g/mol. The van der Waals surface area contributed by atoms with Gasteiger partial charge in [0.05, 0.1) is 17.3 Å².